The summed E-state index contributed by atoms with van der Waals surface area (Å²) in [6.45, 7) is 13.7. The molecule has 0 bridgehead atoms. The number of rotatable bonds is 12. The molecule has 62 heavy (non-hydrogen) atoms. The summed E-state index contributed by atoms with van der Waals surface area (Å²) in [5, 5.41) is 4.89. The minimum atomic E-state index is 0.461. The van der Waals surface area contributed by atoms with Gasteiger partial charge in [0, 0.05) is 34.1 Å². The quantitative estimate of drug-likeness (QED) is 0.114. The first-order chi connectivity index (χ1) is 30.3. The van der Waals surface area contributed by atoms with Crippen LogP contribution in [-0.2, 0) is 0 Å². The molecule has 0 radical (unpaired) electrons. The van der Waals surface area contributed by atoms with Crippen LogP contribution in [0.5, 0.6) is 0 Å². The molecular weight excluding hydrogens is 749 g/mol. The fourth-order valence-corrected chi connectivity index (χ4v) is 9.25. The SMILES string of the molecule is CCC(C)c1cc(C)cc(N(c2ccccc2)c2ccc3c(-c4ccccc4)c4cc(N(c5ccccc5)c5cc(C)cc(C(C)CC)c5)ccc4c(-c4ccccc4)c3c2)c1. The van der Waals surface area contributed by atoms with E-state index in [1.807, 2.05) is 0 Å². The monoisotopic (exact) mass is 804 g/mol. The normalized spacial score (nSPS) is 12.4. The zero-order valence-electron chi connectivity index (χ0n) is 36.9. The third-order valence-electron chi connectivity index (χ3n) is 12.8. The van der Waals surface area contributed by atoms with Crippen LogP contribution in [-0.4, -0.2) is 0 Å². The molecule has 2 unspecified atom stereocenters. The van der Waals surface area contributed by atoms with Crippen molar-refractivity contribution < 1.29 is 0 Å². The summed E-state index contributed by atoms with van der Waals surface area (Å²) in [5.41, 5.74) is 17.0. The first kappa shape index (κ1) is 40.5. The Labute approximate surface area is 368 Å². The van der Waals surface area contributed by atoms with Crippen molar-refractivity contribution in [1.82, 2.24) is 0 Å². The molecule has 0 aliphatic heterocycles. The third-order valence-corrected chi connectivity index (χ3v) is 12.8. The van der Waals surface area contributed by atoms with E-state index in [4.69, 9.17) is 0 Å². The van der Waals surface area contributed by atoms with Crippen LogP contribution in [0.2, 0.25) is 0 Å². The van der Waals surface area contributed by atoms with E-state index in [0.29, 0.717) is 11.8 Å². The van der Waals surface area contributed by atoms with Crippen LogP contribution in [0.1, 0.15) is 74.6 Å². The smallest absolute Gasteiger partial charge is 0.0468 e. The number of para-hydroxylation sites is 2. The topological polar surface area (TPSA) is 6.48 Å². The second kappa shape index (κ2) is 17.6. The van der Waals surface area contributed by atoms with Gasteiger partial charge in [-0.05, 0) is 177 Å². The number of fused-ring (bicyclic) bond motifs is 2. The zero-order chi connectivity index (χ0) is 42.7. The van der Waals surface area contributed by atoms with Crippen molar-refractivity contribution in [3.63, 3.8) is 0 Å². The Morgan fingerprint density at radius 3 is 1.05 bits per heavy atom. The van der Waals surface area contributed by atoms with E-state index in [1.54, 1.807) is 0 Å². The second-order valence-corrected chi connectivity index (χ2v) is 17.1. The lowest BCUT2D eigenvalue weighted by Gasteiger charge is -2.29. The van der Waals surface area contributed by atoms with Crippen molar-refractivity contribution >= 4 is 55.7 Å². The third kappa shape index (κ3) is 7.90. The van der Waals surface area contributed by atoms with Gasteiger partial charge in [0.15, 0.2) is 0 Å². The van der Waals surface area contributed by atoms with Gasteiger partial charge in [0.2, 0.25) is 0 Å². The number of nitrogens with zero attached hydrogens (tertiary/aromatic N) is 2. The van der Waals surface area contributed by atoms with E-state index in [9.17, 15) is 0 Å². The first-order valence-electron chi connectivity index (χ1n) is 22.4. The van der Waals surface area contributed by atoms with E-state index < -0.39 is 0 Å². The molecular formula is C60H56N2. The highest BCUT2D eigenvalue weighted by atomic mass is 15.1. The lowest BCUT2D eigenvalue weighted by molar-refractivity contribution is 0.733. The van der Waals surface area contributed by atoms with E-state index in [2.05, 4.69) is 245 Å². The molecule has 0 aromatic heterocycles. The van der Waals surface area contributed by atoms with Gasteiger partial charge in [-0.1, -0.05) is 149 Å². The highest BCUT2D eigenvalue weighted by Gasteiger charge is 2.23. The predicted octanol–water partition coefficient (Wildman–Crippen LogP) is 17.9. The molecule has 2 atom stereocenters. The van der Waals surface area contributed by atoms with E-state index >= 15 is 0 Å². The Morgan fingerprint density at radius 2 is 0.694 bits per heavy atom. The number of hydrogen-bond acceptors (Lipinski definition) is 2. The second-order valence-electron chi connectivity index (χ2n) is 17.1. The van der Waals surface area contributed by atoms with Crippen molar-refractivity contribution in [1.29, 1.82) is 0 Å². The Kier molecular flexibility index (Phi) is 11.5. The Balaban J connectivity index is 1.35. The summed E-state index contributed by atoms with van der Waals surface area (Å²) < 4.78 is 0. The van der Waals surface area contributed by atoms with Gasteiger partial charge in [0.1, 0.15) is 0 Å². The number of hydrogen-bond donors (Lipinski definition) is 0. The summed E-state index contributed by atoms with van der Waals surface area (Å²) in [7, 11) is 0. The fourth-order valence-electron chi connectivity index (χ4n) is 9.25. The average molecular weight is 805 g/mol. The molecule has 0 heterocycles. The van der Waals surface area contributed by atoms with E-state index in [-0.39, 0.29) is 0 Å². The molecule has 2 nitrogen and oxygen atoms in total. The molecule has 0 fully saturated rings. The maximum atomic E-state index is 2.44. The van der Waals surface area contributed by atoms with Crippen molar-refractivity contribution in [3.05, 3.63) is 216 Å². The summed E-state index contributed by atoms with van der Waals surface area (Å²) >= 11 is 0. The van der Waals surface area contributed by atoms with Gasteiger partial charge >= 0.3 is 0 Å². The average Bonchev–Trinajstić information content (AvgIpc) is 3.31. The van der Waals surface area contributed by atoms with Crippen LogP contribution in [0.15, 0.2) is 194 Å². The van der Waals surface area contributed by atoms with E-state index in [0.717, 1.165) is 35.6 Å². The standard InChI is InChI=1S/C60H56N2/c1-7-43(5)47-33-41(3)35-53(37-47)61(49-25-17-11-18-26-49)51-29-31-55-57(39-51)59(45-21-13-9-14-22-45)56-32-30-52(40-58(56)60(55)46-23-15-10-16-24-46)62(50-27-19-12-20-28-50)54-36-42(4)34-48(38-54)44(6)8-2/h9-40,43-44H,7-8H2,1-6H3. The van der Waals surface area contributed by atoms with Crippen LogP contribution < -0.4 is 9.80 Å². The van der Waals surface area contributed by atoms with Gasteiger partial charge in [0.05, 0.1) is 0 Å². The van der Waals surface area contributed by atoms with Crippen LogP contribution in [0.4, 0.5) is 34.1 Å². The molecule has 0 spiro atoms. The van der Waals surface area contributed by atoms with Crippen LogP contribution >= 0.6 is 0 Å². The lowest BCUT2D eigenvalue weighted by Crippen LogP contribution is -2.11. The number of anilines is 6. The Hall–Kier alpha value is -6.90. The van der Waals surface area contributed by atoms with Gasteiger partial charge in [0.25, 0.3) is 0 Å². The molecule has 2 heteroatoms. The summed E-state index contributed by atoms with van der Waals surface area (Å²) in [5.74, 6) is 0.922. The molecule has 9 aromatic carbocycles. The van der Waals surface area contributed by atoms with Crippen LogP contribution in [0, 0.1) is 13.8 Å². The van der Waals surface area contributed by atoms with Gasteiger partial charge in [-0.3, -0.25) is 0 Å². The van der Waals surface area contributed by atoms with Crippen molar-refractivity contribution in [3.8, 4) is 22.3 Å². The molecule has 0 saturated heterocycles. The number of aryl methyl sites for hydroxylation is 2. The van der Waals surface area contributed by atoms with Gasteiger partial charge in [-0.25, -0.2) is 0 Å². The Morgan fingerprint density at radius 1 is 0.339 bits per heavy atom. The van der Waals surface area contributed by atoms with Crippen molar-refractivity contribution in [2.24, 2.45) is 0 Å². The predicted molar refractivity (Wildman–Crippen MR) is 269 cm³/mol. The molecule has 0 amide bonds. The highest BCUT2D eigenvalue weighted by molar-refractivity contribution is 6.22. The number of benzene rings is 9. The lowest BCUT2D eigenvalue weighted by atomic mass is 9.85. The molecule has 0 aliphatic rings. The molecule has 0 N–H and O–H groups in total. The summed E-state index contributed by atoms with van der Waals surface area (Å²) in [6.07, 6.45) is 2.18. The maximum absolute atomic E-state index is 2.44. The molecule has 9 rings (SSSR count). The van der Waals surface area contributed by atoms with Crippen molar-refractivity contribution in [2.75, 3.05) is 9.80 Å². The summed E-state index contributed by atoms with van der Waals surface area (Å²) in [4.78, 5) is 4.88. The van der Waals surface area contributed by atoms with Gasteiger partial charge < -0.3 is 9.80 Å². The van der Waals surface area contributed by atoms with Crippen LogP contribution in [0.25, 0.3) is 43.8 Å². The maximum Gasteiger partial charge on any atom is 0.0468 e. The van der Waals surface area contributed by atoms with Crippen molar-refractivity contribution in [2.45, 2.75) is 66.2 Å². The van der Waals surface area contributed by atoms with Gasteiger partial charge in [-0.15, -0.1) is 0 Å². The van der Waals surface area contributed by atoms with E-state index in [1.165, 1.54) is 77.4 Å². The minimum absolute atomic E-state index is 0.461. The van der Waals surface area contributed by atoms with Crippen LogP contribution in [0.3, 0.4) is 0 Å². The molecule has 306 valence electrons. The first-order valence-corrected chi connectivity index (χ1v) is 22.4. The minimum Gasteiger partial charge on any atom is -0.310 e. The van der Waals surface area contributed by atoms with Gasteiger partial charge in [-0.2, -0.15) is 0 Å². The Bertz CT molecular complexity index is 2770. The largest absolute Gasteiger partial charge is 0.310 e. The molecule has 0 aliphatic carbocycles. The summed E-state index contributed by atoms with van der Waals surface area (Å²) in [6, 6.07) is 72.1. The molecule has 0 saturated carbocycles. The highest BCUT2D eigenvalue weighted by Crippen LogP contribution is 2.48. The molecule has 9 aromatic rings. The zero-order valence-corrected chi connectivity index (χ0v) is 36.9. The fraction of sp³-hybridized carbons (Fsp3) is 0.167.